The summed E-state index contributed by atoms with van der Waals surface area (Å²) in [5.41, 5.74) is 1.70. The maximum Gasteiger partial charge on any atom is 0.285 e. The summed E-state index contributed by atoms with van der Waals surface area (Å²) < 4.78 is 0. The quantitative estimate of drug-likeness (QED) is 0.198. The second-order valence-electron chi connectivity index (χ2n) is 7.93. The van der Waals surface area contributed by atoms with Crippen LogP contribution in [0, 0.1) is 10.1 Å². The Morgan fingerprint density at radius 1 is 0.865 bits per heavy atom. The molecule has 1 fully saturated rings. The molecular formula is C26H18N4O6S. The van der Waals surface area contributed by atoms with Crippen molar-refractivity contribution in [3.05, 3.63) is 111 Å². The third-order valence-electron chi connectivity index (χ3n) is 5.56. The molecule has 0 unspecified atom stereocenters. The van der Waals surface area contributed by atoms with Crippen LogP contribution in [-0.2, 0) is 9.63 Å². The minimum absolute atomic E-state index is 0.0111. The van der Waals surface area contributed by atoms with Crippen LogP contribution in [0.1, 0.15) is 26.3 Å². The van der Waals surface area contributed by atoms with Crippen molar-refractivity contribution >= 4 is 52.1 Å². The van der Waals surface area contributed by atoms with Crippen LogP contribution in [0.4, 0.5) is 11.4 Å². The molecule has 3 amide bonds. The van der Waals surface area contributed by atoms with Gasteiger partial charge in [0, 0.05) is 12.1 Å². The topological polar surface area (TPSA) is 122 Å². The van der Waals surface area contributed by atoms with Crippen LogP contribution in [0.15, 0.2) is 88.8 Å². The summed E-state index contributed by atoms with van der Waals surface area (Å²) in [6.07, 6.45) is 1.74. The van der Waals surface area contributed by atoms with Crippen LogP contribution < -0.4 is 0 Å². The average molecular weight is 515 g/mol. The number of hydrogen-bond acceptors (Lipinski definition) is 8. The van der Waals surface area contributed by atoms with Gasteiger partial charge in [-0.3, -0.25) is 34.2 Å². The van der Waals surface area contributed by atoms with Crippen molar-refractivity contribution in [1.82, 2.24) is 9.96 Å². The number of thioether (sulfide) groups is 1. The number of non-ortho nitro benzene ring substituents is 1. The minimum Gasteiger partial charge on any atom is -0.284 e. The highest BCUT2D eigenvalue weighted by Crippen LogP contribution is 2.34. The maximum absolute atomic E-state index is 13.3. The monoisotopic (exact) mass is 514 g/mol. The van der Waals surface area contributed by atoms with Crippen molar-refractivity contribution in [2.45, 2.75) is 0 Å². The predicted molar refractivity (Wildman–Crippen MR) is 137 cm³/mol. The van der Waals surface area contributed by atoms with Crippen LogP contribution in [0.5, 0.6) is 0 Å². The van der Waals surface area contributed by atoms with Gasteiger partial charge in [-0.05, 0) is 47.7 Å². The lowest BCUT2D eigenvalue weighted by Crippen LogP contribution is -2.36. The van der Waals surface area contributed by atoms with E-state index in [1.54, 1.807) is 30.3 Å². The van der Waals surface area contributed by atoms with Gasteiger partial charge in [-0.25, -0.2) is 4.99 Å². The molecule has 37 heavy (non-hydrogen) atoms. The molecule has 3 aromatic rings. The van der Waals surface area contributed by atoms with E-state index in [-0.39, 0.29) is 35.9 Å². The number of carbonyl (C=O) groups is 3. The normalized spacial score (nSPS) is 17.2. The van der Waals surface area contributed by atoms with Crippen LogP contribution in [0.3, 0.4) is 0 Å². The highest BCUT2D eigenvalue weighted by atomic mass is 32.2. The zero-order chi connectivity index (χ0) is 25.9. The average Bonchev–Trinajstić information content (AvgIpc) is 3.33. The number of nitro benzene ring substituents is 1. The van der Waals surface area contributed by atoms with Crippen LogP contribution in [0.25, 0.3) is 6.08 Å². The van der Waals surface area contributed by atoms with Gasteiger partial charge in [0.15, 0.2) is 5.17 Å². The molecule has 0 atom stereocenters. The first kappa shape index (κ1) is 24.1. The molecule has 0 radical (unpaired) electrons. The number of nitrogens with zero attached hydrogens (tertiary/aromatic N) is 4. The zero-order valence-corrected chi connectivity index (χ0v) is 20.0. The lowest BCUT2D eigenvalue weighted by atomic mass is 10.1. The van der Waals surface area contributed by atoms with Crippen molar-refractivity contribution in [1.29, 1.82) is 0 Å². The molecule has 1 saturated heterocycles. The van der Waals surface area contributed by atoms with Crippen molar-refractivity contribution in [2.75, 3.05) is 13.2 Å². The summed E-state index contributed by atoms with van der Waals surface area (Å²) in [6, 6.07) is 21.4. The fourth-order valence-corrected chi connectivity index (χ4v) is 4.78. The fourth-order valence-electron chi connectivity index (χ4n) is 3.76. The summed E-state index contributed by atoms with van der Waals surface area (Å²) in [5, 5.41) is 12.0. The Bertz CT molecular complexity index is 1430. The Balaban J connectivity index is 1.36. The van der Waals surface area contributed by atoms with Gasteiger partial charge in [-0.1, -0.05) is 42.5 Å². The molecule has 2 heterocycles. The van der Waals surface area contributed by atoms with Crippen LogP contribution >= 0.6 is 11.8 Å². The molecule has 0 aliphatic carbocycles. The summed E-state index contributed by atoms with van der Waals surface area (Å²) in [7, 11) is 0. The number of rotatable bonds is 7. The van der Waals surface area contributed by atoms with E-state index < -0.39 is 16.7 Å². The molecule has 0 N–H and O–H groups in total. The fraction of sp³-hybridized carbons (Fsp3) is 0.0769. The highest BCUT2D eigenvalue weighted by Gasteiger charge is 2.38. The molecular weight excluding hydrogens is 496 g/mol. The molecule has 0 bridgehead atoms. The van der Waals surface area contributed by atoms with E-state index >= 15 is 0 Å². The maximum atomic E-state index is 13.3. The largest absolute Gasteiger partial charge is 0.285 e. The molecule has 2 aliphatic rings. The number of aliphatic imine (C=N–C) groups is 1. The smallest absolute Gasteiger partial charge is 0.284 e. The molecule has 3 aromatic carbocycles. The summed E-state index contributed by atoms with van der Waals surface area (Å²) in [6.45, 7) is -0.132. The van der Waals surface area contributed by atoms with Gasteiger partial charge in [0.05, 0.1) is 39.8 Å². The van der Waals surface area contributed by atoms with E-state index in [1.807, 2.05) is 30.3 Å². The minimum atomic E-state index is -0.563. The first-order valence-electron chi connectivity index (χ1n) is 11.1. The molecule has 0 spiro atoms. The standard InChI is InChI=1S/C26H18N4O6S/c31-23-20-8-4-5-9-21(20)24(32)29(23)36-15-14-28-25(33)22(16-17-6-2-1-3-7-17)37-26(28)27-18-10-12-19(13-11-18)30(34)35/h1-13,16H,14-15H2/b22-16+,27-26?. The number of hydroxylamine groups is 2. The molecule has 5 rings (SSSR count). The van der Waals surface area contributed by atoms with Gasteiger partial charge in [-0.2, -0.15) is 0 Å². The number of benzene rings is 3. The van der Waals surface area contributed by atoms with Crippen molar-refractivity contribution < 1.29 is 24.1 Å². The molecule has 2 aliphatic heterocycles. The van der Waals surface area contributed by atoms with Crippen LogP contribution in [0.2, 0.25) is 0 Å². The highest BCUT2D eigenvalue weighted by molar-refractivity contribution is 8.18. The lowest BCUT2D eigenvalue weighted by Gasteiger charge is -2.18. The van der Waals surface area contributed by atoms with Crippen molar-refractivity contribution in [3.8, 4) is 0 Å². The SMILES string of the molecule is O=C1/C(=C\c2ccccc2)SC(=Nc2ccc([N+](=O)[O-])cc2)N1CCON1C(=O)c2ccccc2C1=O. The first-order valence-corrected chi connectivity index (χ1v) is 11.9. The Kier molecular flexibility index (Phi) is 6.62. The van der Waals surface area contributed by atoms with Gasteiger partial charge in [0.25, 0.3) is 23.4 Å². The number of fused-ring (bicyclic) bond motifs is 1. The Labute approximate surface area is 215 Å². The van der Waals surface area contributed by atoms with Crippen molar-refractivity contribution in [3.63, 3.8) is 0 Å². The molecule has 11 heteroatoms. The Morgan fingerprint density at radius 3 is 2.11 bits per heavy atom. The van der Waals surface area contributed by atoms with E-state index in [9.17, 15) is 24.5 Å². The van der Waals surface area contributed by atoms with E-state index in [0.717, 1.165) is 17.3 Å². The first-order chi connectivity index (χ1) is 17.9. The lowest BCUT2D eigenvalue weighted by molar-refractivity contribution is -0.384. The van der Waals surface area contributed by atoms with Crippen LogP contribution in [-0.4, -0.2) is 50.9 Å². The van der Waals surface area contributed by atoms with Gasteiger partial charge >= 0.3 is 0 Å². The van der Waals surface area contributed by atoms with Gasteiger partial charge in [0.2, 0.25) is 0 Å². The van der Waals surface area contributed by atoms with Crippen molar-refractivity contribution in [2.24, 2.45) is 4.99 Å². The van der Waals surface area contributed by atoms with E-state index in [2.05, 4.69) is 4.99 Å². The van der Waals surface area contributed by atoms with E-state index in [0.29, 0.717) is 20.8 Å². The molecule has 0 saturated carbocycles. The summed E-state index contributed by atoms with van der Waals surface area (Å²) >= 11 is 1.15. The number of hydrogen-bond donors (Lipinski definition) is 0. The molecule has 10 nitrogen and oxygen atoms in total. The number of imide groups is 1. The number of carbonyl (C=O) groups excluding carboxylic acids is 3. The number of amidine groups is 1. The van der Waals surface area contributed by atoms with Gasteiger partial charge in [-0.15, -0.1) is 5.06 Å². The van der Waals surface area contributed by atoms with E-state index in [4.69, 9.17) is 4.84 Å². The predicted octanol–water partition coefficient (Wildman–Crippen LogP) is 4.43. The second kappa shape index (κ2) is 10.2. The van der Waals surface area contributed by atoms with Gasteiger partial charge < -0.3 is 0 Å². The Morgan fingerprint density at radius 2 is 1.49 bits per heavy atom. The number of nitro groups is 1. The molecule has 0 aromatic heterocycles. The second-order valence-corrected chi connectivity index (χ2v) is 8.94. The summed E-state index contributed by atoms with van der Waals surface area (Å²) in [5.74, 6) is -1.44. The summed E-state index contributed by atoms with van der Waals surface area (Å²) in [4.78, 5) is 60.6. The number of amides is 3. The third-order valence-corrected chi connectivity index (χ3v) is 6.57. The third kappa shape index (κ3) is 4.90. The zero-order valence-electron chi connectivity index (χ0n) is 19.1. The van der Waals surface area contributed by atoms with E-state index in [1.165, 1.54) is 29.2 Å². The van der Waals surface area contributed by atoms with Gasteiger partial charge in [0.1, 0.15) is 0 Å². The molecule has 184 valence electrons. The Hall–Kier alpha value is -4.61.